The minimum absolute atomic E-state index is 0.00529. The third-order valence-corrected chi connectivity index (χ3v) is 4.93. The Morgan fingerprint density at radius 2 is 2.22 bits per heavy atom. The summed E-state index contributed by atoms with van der Waals surface area (Å²) in [6.45, 7) is 0.961. The number of hydrogen-bond acceptors (Lipinski definition) is 5. The topological polar surface area (TPSA) is 80.0 Å². The Morgan fingerprint density at radius 1 is 1.33 bits per heavy atom. The van der Waals surface area contributed by atoms with Crippen molar-refractivity contribution in [2.24, 2.45) is 0 Å². The maximum atomic E-state index is 13.5. The molecule has 1 aliphatic rings. The maximum absolute atomic E-state index is 13.5. The standard InChI is InChI=1S/C20H21FN4O2/c21-14-4-1-3-13(9-14)16-6-7-17-20(24-16)25(12-23-17)11-15(26)10-18-19(27)5-2-8-22-18/h1,3-4,6-7,9,12,18-19,22,27H,2,5,8,10-11H2/t18-,19+/m1/s1. The van der Waals surface area contributed by atoms with Crippen LogP contribution in [0.4, 0.5) is 4.39 Å². The monoisotopic (exact) mass is 368 g/mol. The summed E-state index contributed by atoms with van der Waals surface area (Å²) in [5.41, 5.74) is 2.56. The van der Waals surface area contributed by atoms with Gasteiger partial charge in [0.2, 0.25) is 0 Å². The largest absolute Gasteiger partial charge is 0.391 e. The Hall–Kier alpha value is -2.64. The van der Waals surface area contributed by atoms with Gasteiger partial charge in [0.1, 0.15) is 11.3 Å². The van der Waals surface area contributed by atoms with Gasteiger partial charge in [0, 0.05) is 18.0 Å². The highest BCUT2D eigenvalue weighted by Crippen LogP contribution is 2.21. The number of fused-ring (bicyclic) bond motifs is 1. The number of aliphatic hydroxyl groups excluding tert-OH is 1. The molecule has 140 valence electrons. The van der Waals surface area contributed by atoms with Crippen molar-refractivity contribution in [2.75, 3.05) is 6.54 Å². The number of aromatic nitrogens is 3. The number of nitrogens with zero attached hydrogens (tertiary/aromatic N) is 3. The zero-order valence-electron chi connectivity index (χ0n) is 14.8. The molecule has 0 aliphatic carbocycles. The van der Waals surface area contributed by atoms with Crippen LogP contribution in [0.1, 0.15) is 19.3 Å². The molecule has 0 saturated carbocycles. The molecule has 4 rings (SSSR count). The number of imidazole rings is 1. The van der Waals surface area contributed by atoms with Gasteiger partial charge >= 0.3 is 0 Å². The fourth-order valence-corrected chi connectivity index (χ4v) is 3.51. The van der Waals surface area contributed by atoms with E-state index in [0.717, 1.165) is 19.4 Å². The molecule has 1 aliphatic heterocycles. The summed E-state index contributed by atoms with van der Waals surface area (Å²) in [5, 5.41) is 13.2. The molecule has 6 nitrogen and oxygen atoms in total. The summed E-state index contributed by atoms with van der Waals surface area (Å²) in [5.74, 6) is -0.317. The molecule has 3 aromatic rings. The van der Waals surface area contributed by atoms with Crippen LogP contribution in [0.2, 0.25) is 0 Å². The van der Waals surface area contributed by atoms with Crippen molar-refractivity contribution in [1.82, 2.24) is 19.9 Å². The number of pyridine rings is 1. The molecule has 0 radical (unpaired) electrons. The lowest BCUT2D eigenvalue weighted by Crippen LogP contribution is -2.46. The number of hydrogen-bond donors (Lipinski definition) is 2. The summed E-state index contributed by atoms with van der Waals surface area (Å²) in [7, 11) is 0. The molecular weight excluding hydrogens is 347 g/mol. The average Bonchev–Trinajstić information content (AvgIpc) is 3.06. The van der Waals surface area contributed by atoms with Crippen LogP contribution in [0.25, 0.3) is 22.4 Å². The number of halogens is 1. The quantitative estimate of drug-likeness (QED) is 0.722. The van der Waals surface area contributed by atoms with E-state index in [1.165, 1.54) is 12.1 Å². The second-order valence-electron chi connectivity index (χ2n) is 6.94. The van der Waals surface area contributed by atoms with Gasteiger partial charge in [-0.2, -0.15) is 0 Å². The molecule has 2 N–H and O–H groups in total. The Labute approximate surface area is 156 Å². The second-order valence-corrected chi connectivity index (χ2v) is 6.94. The molecule has 3 heterocycles. The van der Waals surface area contributed by atoms with Crippen molar-refractivity contribution < 1.29 is 14.3 Å². The first-order chi connectivity index (χ1) is 13.1. The normalized spacial score (nSPS) is 20.1. The van der Waals surface area contributed by atoms with Gasteiger partial charge in [-0.15, -0.1) is 0 Å². The fourth-order valence-electron chi connectivity index (χ4n) is 3.51. The van der Waals surface area contributed by atoms with Crippen LogP contribution in [0.5, 0.6) is 0 Å². The summed E-state index contributed by atoms with van der Waals surface area (Å²) in [4.78, 5) is 21.4. The van der Waals surface area contributed by atoms with E-state index in [-0.39, 0.29) is 30.6 Å². The van der Waals surface area contributed by atoms with Crippen molar-refractivity contribution in [1.29, 1.82) is 0 Å². The van der Waals surface area contributed by atoms with Crippen molar-refractivity contribution in [2.45, 2.75) is 38.0 Å². The van der Waals surface area contributed by atoms with Gasteiger partial charge in [-0.3, -0.25) is 4.79 Å². The van der Waals surface area contributed by atoms with Gasteiger partial charge < -0.3 is 15.0 Å². The van der Waals surface area contributed by atoms with E-state index in [1.54, 1.807) is 29.1 Å². The second kappa shape index (κ2) is 7.54. The number of carbonyl (C=O) groups excluding carboxylic acids is 1. The lowest BCUT2D eigenvalue weighted by atomic mass is 9.97. The van der Waals surface area contributed by atoms with Crippen molar-refractivity contribution in [3.63, 3.8) is 0 Å². The van der Waals surface area contributed by atoms with Crippen LogP contribution in [0, 0.1) is 5.82 Å². The van der Waals surface area contributed by atoms with Gasteiger partial charge in [0.15, 0.2) is 11.4 Å². The van der Waals surface area contributed by atoms with Crippen LogP contribution >= 0.6 is 0 Å². The van der Waals surface area contributed by atoms with Gasteiger partial charge in [-0.1, -0.05) is 12.1 Å². The molecule has 0 spiro atoms. The number of benzene rings is 1. The van der Waals surface area contributed by atoms with Crippen molar-refractivity contribution in [3.8, 4) is 11.3 Å². The predicted octanol–water partition coefficient (Wildman–Crippen LogP) is 2.31. The van der Waals surface area contributed by atoms with Gasteiger partial charge in [-0.05, 0) is 43.7 Å². The molecule has 2 atom stereocenters. The molecule has 0 bridgehead atoms. The van der Waals surface area contributed by atoms with E-state index >= 15 is 0 Å². The Kier molecular flexibility index (Phi) is 4.96. The Bertz CT molecular complexity index is 972. The number of Topliss-reactive ketones (excluding diaryl/α,β-unsaturated/α-hetero) is 1. The molecule has 2 aromatic heterocycles. The lowest BCUT2D eigenvalue weighted by Gasteiger charge is -2.28. The highest BCUT2D eigenvalue weighted by molar-refractivity contribution is 5.82. The van der Waals surface area contributed by atoms with Crippen LogP contribution in [0.15, 0.2) is 42.7 Å². The maximum Gasteiger partial charge on any atom is 0.160 e. The zero-order valence-corrected chi connectivity index (χ0v) is 14.8. The smallest absolute Gasteiger partial charge is 0.160 e. The van der Waals surface area contributed by atoms with Crippen LogP contribution in [-0.4, -0.2) is 44.1 Å². The number of carbonyl (C=O) groups is 1. The molecule has 0 amide bonds. The molecule has 27 heavy (non-hydrogen) atoms. The first-order valence-electron chi connectivity index (χ1n) is 9.11. The Morgan fingerprint density at radius 3 is 3.04 bits per heavy atom. The van der Waals surface area contributed by atoms with Gasteiger partial charge in [-0.25, -0.2) is 14.4 Å². The molecule has 7 heteroatoms. The highest BCUT2D eigenvalue weighted by atomic mass is 19.1. The van der Waals surface area contributed by atoms with Gasteiger partial charge in [0.25, 0.3) is 0 Å². The third-order valence-electron chi connectivity index (χ3n) is 4.93. The number of ketones is 1. The van der Waals surface area contributed by atoms with E-state index in [2.05, 4.69) is 15.3 Å². The van der Waals surface area contributed by atoms with E-state index in [0.29, 0.717) is 22.4 Å². The summed E-state index contributed by atoms with van der Waals surface area (Å²) in [6, 6.07) is 9.65. The van der Waals surface area contributed by atoms with E-state index in [1.807, 2.05) is 6.07 Å². The van der Waals surface area contributed by atoms with Gasteiger partial charge in [0.05, 0.1) is 24.7 Å². The minimum atomic E-state index is -0.486. The number of rotatable bonds is 5. The van der Waals surface area contributed by atoms with E-state index in [9.17, 15) is 14.3 Å². The molecule has 0 unspecified atom stereocenters. The third kappa shape index (κ3) is 3.89. The first kappa shape index (κ1) is 17.8. The van der Waals surface area contributed by atoms with Crippen LogP contribution < -0.4 is 5.32 Å². The van der Waals surface area contributed by atoms with Crippen molar-refractivity contribution >= 4 is 16.9 Å². The zero-order chi connectivity index (χ0) is 18.8. The summed E-state index contributed by atoms with van der Waals surface area (Å²) >= 11 is 0. The summed E-state index contributed by atoms with van der Waals surface area (Å²) in [6.07, 6.45) is 3.02. The Balaban J connectivity index is 1.55. The SMILES string of the molecule is O=C(C[C@H]1NCCC[C@@H]1O)Cn1cnc2ccc(-c3cccc(F)c3)nc21. The number of nitrogens with one attached hydrogen (secondary N) is 1. The van der Waals surface area contributed by atoms with E-state index < -0.39 is 6.10 Å². The summed E-state index contributed by atoms with van der Waals surface area (Å²) < 4.78 is 15.2. The minimum Gasteiger partial charge on any atom is -0.391 e. The lowest BCUT2D eigenvalue weighted by molar-refractivity contribution is -0.121. The van der Waals surface area contributed by atoms with Crippen LogP contribution in [0.3, 0.4) is 0 Å². The highest BCUT2D eigenvalue weighted by Gasteiger charge is 2.25. The number of piperidine rings is 1. The van der Waals surface area contributed by atoms with Crippen molar-refractivity contribution in [3.05, 3.63) is 48.5 Å². The van der Waals surface area contributed by atoms with E-state index in [4.69, 9.17) is 0 Å². The molecule has 1 aromatic carbocycles. The first-order valence-corrected chi connectivity index (χ1v) is 9.11. The predicted molar refractivity (Wildman–Crippen MR) is 99.6 cm³/mol. The molecular formula is C20H21FN4O2. The molecule has 1 saturated heterocycles. The average molecular weight is 368 g/mol. The van der Waals surface area contributed by atoms with Crippen LogP contribution in [-0.2, 0) is 11.3 Å². The molecule has 1 fully saturated rings. The fraction of sp³-hybridized carbons (Fsp3) is 0.350. The number of aliphatic hydroxyl groups is 1.